The van der Waals surface area contributed by atoms with Crippen molar-refractivity contribution < 1.29 is 28.9 Å². The zero-order valence-electron chi connectivity index (χ0n) is 23.4. The van der Waals surface area contributed by atoms with E-state index in [0.717, 1.165) is 20.9 Å². The molecule has 4 aromatic rings. The number of oxime groups is 2. The number of carbonyl (C=O) groups excluding carboxylic acids is 4. The Morgan fingerprint density at radius 2 is 0.956 bits per heavy atom. The number of anilines is 2. The summed E-state index contributed by atoms with van der Waals surface area (Å²) in [5.74, 6) is -3.45. The minimum Gasteiger partial charge on any atom is -0.381 e. The highest BCUT2D eigenvalue weighted by molar-refractivity contribution is 6.33. The molecule has 2 aromatic heterocycles. The third-order valence-corrected chi connectivity index (χ3v) is 8.28. The van der Waals surface area contributed by atoms with Crippen molar-refractivity contribution >= 4 is 46.4 Å². The molecule has 2 aromatic carbocycles. The van der Waals surface area contributed by atoms with Crippen LogP contribution in [0.2, 0.25) is 0 Å². The second-order valence-corrected chi connectivity index (χ2v) is 10.9. The van der Waals surface area contributed by atoms with Gasteiger partial charge in [0.2, 0.25) is 24.0 Å². The lowest BCUT2D eigenvalue weighted by atomic mass is 9.97. The number of hydrogen-bond donors (Lipinski definition) is 0. The molecule has 4 aliphatic rings. The smallest absolute Gasteiger partial charge is 0.278 e. The number of rotatable bonds is 6. The molecular formula is C33H22N6O6. The van der Waals surface area contributed by atoms with Gasteiger partial charge in [-0.3, -0.25) is 29.1 Å². The van der Waals surface area contributed by atoms with E-state index in [9.17, 15) is 19.2 Å². The number of hydrogen-bond acceptors (Lipinski definition) is 10. The van der Waals surface area contributed by atoms with Gasteiger partial charge in [-0.2, -0.15) is 0 Å². The van der Waals surface area contributed by atoms with Crippen LogP contribution in [-0.4, -0.2) is 57.2 Å². The van der Waals surface area contributed by atoms with E-state index < -0.39 is 47.7 Å². The van der Waals surface area contributed by atoms with Gasteiger partial charge < -0.3 is 9.68 Å². The maximum atomic E-state index is 13.3. The first-order valence-corrected chi connectivity index (χ1v) is 14.2. The molecule has 0 radical (unpaired) electrons. The Hall–Kier alpha value is -6.04. The molecule has 2 saturated heterocycles. The van der Waals surface area contributed by atoms with Gasteiger partial charge in [0.25, 0.3) is 11.8 Å². The van der Waals surface area contributed by atoms with Gasteiger partial charge in [-0.05, 0) is 66.1 Å². The molecular weight excluding hydrogens is 576 g/mol. The lowest BCUT2D eigenvalue weighted by Crippen LogP contribution is -2.33. The van der Waals surface area contributed by atoms with Crippen LogP contribution in [0.4, 0.5) is 11.4 Å². The molecule has 4 atom stereocenters. The minimum atomic E-state index is -1.01. The van der Waals surface area contributed by atoms with Crippen LogP contribution in [0.5, 0.6) is 0 Å². The number of nitrogens with zero attached hydrogens (tertiary/aromatic N) is 6. The summed E-state index contributed by atoms with van der Waals surface area (Å²) in [4.78, 5) is 74.4. The molecule has 0 unspecified atom stereocenters. The predicted molar refractivity (Wildman–Crippen MR) is 159 cm³/mol. The first kappa shape index (κ1) is 26.6. The summed E-state index contributed by atoms with van der Waals surface area (Å²) >= 11 is 0. The quantitative estimate of drug-likeness (QED) is 0.308. The summed E-state index contributed by atoms with van der Waals surface area (Å²) in [6, 6.07) is 24.8. The Kier molecular flexibility index (Phi) is 6.08. The highest BCUT2D eigenvalue weighted by atomic mass is 16.7. The Morgan fingerprint density at radius 3 is 1.33 bits per heavy atom. The van der Waals surface area contributed by atoms with Crippen LogP contribution in [0.15, 0.2) is 108 Å². The highest BCUT2D eigenvalue weighted by Gasteiger charge is 2.57. The summed E-state index contributed by atoms with van der Waals surface area (Å²) in [6.45, 7) is 0. The highest BCUT2D eigenvalue weighted by Crippen LogP contribution is 2.36. The second-order valence-electron chi connectivity index (χ2n) is 10.9. The van der Waals surface area contributed by atoms with E-state index >= 15 is 0 Å². The van der Waals surface area contributed by atoms with Gasteiger partial charge in [-0.25, -0.2) is 9.80 Å². The van der Waals surface area contributed by atoms with Gasteiger partial charge >= 0.3 is 0 Å². The van der Waals surface area contributed by atoms with Gasteiger partial charge in [0.15, 0.2) is 0 Å². The largest absolute Gasteiger partial charge is 0.381 e. The number of pyridine rings is 2. The van der Waals surface area contributed by atoms with E-state index in [0.29, 0.717) is 40.6 Å². The van der Waals surface area contributed by atoms with Crippen molar-refractivity contribution in [1.29, 1.82) is 0 Å². The molecule has 0 aliphatic carbocycles. The van der Waals surface area contributed by atoms with Crippen LogP contribution in [0.25, 0.3) is 0 Å². The van der Waals surface area contributed by atoms with Crippen molar-refractivity contribution in [2.75, 3.05) is 9.80 Å². The summed E-state index contributed by atoms with van der Waals surface area (Å²) in [5.41, 5.74) is 4.42. The molecule has 2 fully saturated rings. The van der Waals surface area contributed by atoms with Gasteiger partial charge in [-0.15, -0.1) is 0 Å². The van der Waals surface area contributed by atoms with E-state index in [1.165, 1.54) is 0 Å². The number of imide groups is 2. The van der Waals surface area contributed by atoms with Crippen LogP contribution in [-0.2, 0) is 35.3 Å². The molecule has 12 nitrogen and oxygen atoms in total. The topological polar surface area (TPSA) is 144 Å². The van der Waals surface area contributed by atoms with Crippen molar-refractivity contribution in [3.05, 3.63) is 120 Å². The maximum Gasteiger partial charge on any atom is 0.278 e. The third-order valence-electron chi connectivity index (χ3n) is 8.28. The Bertz CT molecular complexity index is 1790. The minimum absolute atomic E-state index is 0.344. The van der Waals surface area contributed by atoms with Crippen LogP contribution >= 0.6 is 0 Å². The average Bonchev–Trinajstić information content (AvgIpc) is 3.82. The molecule has 6 heterocycles. The van der Waals surface area contributed by atoms with Gasteiger partial charge in [0.05, 0.1) is 22.8 Å². The van der Waals surface area contributed by atoms with Crippen LogP contribution < -0.4 is 9.80 Å². The second kappa shape index (κ2) is 10.3. The zero-order chi connectivity index (χ0) is 30.7. The van der Waals surface area contributed by atoms with E-state index in [2.05, 4.69) is 20.3 Å². The fourth-order valence-corrected chi connectivity index (χ4v) is 6.08. The predicted octanol–water partition coefficient (Wildman–Crippen LogP) is 2.65. The zero-order valence-corrected chi connectivity index (χ0v) is 23.4. The van der Waals surface area contributed by atoms with E-state index in [1.54, 1.807) is 73.1 Å². The Balaban J connectivity index is 0.954. The van der Waals surface area contributed by atoms with Crippen molar-refractivity contribution in [2.24, 2.45) is 22.1 Å². The molecule has 8 rings (SSSR count). The number of carbonyl (C=O) groups is 4. The molecule has 220 valence electrons. The van der Waals surface area contributed by atoms with Crippen molar-refractivity contribution in [3.8, 4) is 0 Å². The SMILES string of the molecule is O=C1[C@@H]2C(c3ccccn3)=NO[C@@H]2C(=O)N1c1ccc(Cc2ccc(N3C(=O)[C@H]4C(c5ccccn5)=NO[C@H]4C3=O)cc2)cc1. The van der Waals surface area contributed by atoms with Crippen LogP contribution in [0.1, 0.15) is 22.5 Å². The standard InChI is InChI=1S/C33H22N6O6/c40-30-24-26(22-5-1-3-15-34-22)36-44-28(24)32(42)38(30)20-11-7-18(8-12-20)17-19-9-13-21(14-10-19)39-31(41)25-27(23-6-2-4-16-35-23)37-45-29(25)33(39)43/h1-16,24-25,28-29H,17H2/t24-,25+,28+,29-. The first-order valence-electron chi connectivity index (χ1n) is 14.2. The van der Waals surface area contributed by atoms with Crippen LogP contribution in [0, 0.1) is 11.8 Å². The van der Waals surface area contributed by atoms with Crippen molar-refractivity contribution in [2.45, 2.75) is 18.6 Å². The Morgan fingerprint density at radius 1 is 0.533 bits per heavy atom. The van der Waals surface area contributed by atoms with Crippen molar-refractivity contribution in [1.82, 2.24) is 9.97 Å². The van der Waals surface area contributed by atoms with E-state index in [4.69, 9.17) is 9.68 Å². The van der Waals surface area contributed by atoms with E-state index in [1.807, 2.05) is 24.3 Å². The lowest BCUT2D eigenvalue weighted by molar-refractivity contribution is -0.127. The average molecular weight is 599 g/mol. The molecule has 4 amide bonds. The molecule has 0 spiro atoms. The summed E-state index contributed by atoms with van der Waals surface area (Å²) in [6.07, 6.45) is 1.70. The number of amides is 4. The van der Waals surface area contributed by atoms with Crippen molar-refractivity contribution in [3.63, 3.8) is 0 Å². The summed E-state index contributed by atoms with van der Waals surface area (Å²) < 4.78 is 0. The van der Waals surface area contributed by atoms with Gasteiger partial charge in [-0.1, -0.05) is 46.7 Å². The molecule has 45 heavy (non-hydrogen) atoms. The number of aromatic nitrogens is 2. The molecule has 0 N–H and O–H groups in total. The Labute approximate surface area is 255 Å². The van der Waals surface area contributed by atoms with E-state index in [-0.39, 0.29) is 0 Å². The summed E-state index contributed by atoms with van der Waals surface area (Å²) in [7, 11) is 0. The summed E-state index contributed by atoms with van der Waals surface area (Å²) in [5, 5.41) is 7.96. The fraction of sp³-hybridized carbons (Fsp3) is 0.152. The monoisotopic (exact) mass is 598 g/mol. The normalized spacial score (nSPS) is 23.5. The first-order chi connectivity index (χ1) is 22.0. The fourth-order valence-electron chi connectivity index (χ4n) is 6.08. The maximum absolute atomic E-state index is 13.3. The van der Waals surface area contributed by atoms with Crippen LogP contribution in [0.3, 0.4) is 0 Å². The number of fused-ring (bicyclic) bond motifs is 2. The third kappa shape index (κ3) is 4.21. The lowest BCUT2D eigenvalue weighted by Gasteiger charge is -2.16. The van der Waals surface area contributed by atoms with Gasteiger partial charge in [0.1, 0.15) is 23.3 Å². The molecule has 12 heteroatoms. The van der Waals surface area contributed by atoms with Gasteiger partial charge in [0, 0.05) is 12.4 Å². The number of benzene rings is 2. The molecule has 0 bridgehead atoms. The molecule has 0 saturated carbocycles. The molecule has 4 aliphatic heterocycles.